The molecule has 0 aromatic heterocycles. The van der Waals surface area contributed by atoms with Crippen LogP contribution in [0.1, 0.15) is 28.7 Å². The van der Waals surface area contributed by atoms with Crippen molar-refractivity contribution in [2.24, 2.45) is 0 Å². The fraction of sp³-hybridized carbons (Fsp3) is 0.278. The number of phenolic OH excluding ortho intramolecular Hbond substituents is 1. The number of hydrogen-bond donors (Lipinski definition) is 2. The monoisotopic (exact) mass is 294 g/mol. The Kier molecular flexibility index (Phi) is 3.12. The van der Waals surface area contributed by atoms with E-state index >= 15 is 0 Å². The Hall–Kier alpha value is -2.33. The lowest BCUT2D eigenvalue weighted by Crippen LogP contribution is -2.53. The van der Waals surface area contributed by atoms with Gasteiger partial charge in [-0.25, -0.2) is 0 Å². The molecule has 2 heterocycles. The molecule has 2 N–H and O–H groups in total. The first kappa shape index (κ1) is 13.3. The zero-order valence-corrected chi connectivity index (χ0v) is 12.2. The molecule has 0 aliphatic carbocycles. The second kappa shape index (κ2) is 5.14. The van der Waals surface area contributed by atoms with Gasteiger partial charge in [-0.3, -0.25) is 9.69 Å². The van der Waals surface area contributed by atoms with Crippen LogP contribution >= 0.6 is 0 Å². The maximum absolute atomic E-state index is 12.3. The molecule has 0 radical (unpaired) electrons. The number of carbonyl (C=O) groups is 1. The second-order valence-corrected chi connectivity index (χ2v) is 5.93. The topological polar surface area (TPSA) is 52.6 Å². The quantitative estimate of drug-likeness (QED) is 0.846. The minimum atomic E-state index is -0.282. The predicted molar refractivity (Wildman–Crippen MR) is 83.7 cm³/mol. The van der Waals surface area contributed by atoms with Gasteiger partial charge >= 0.3 is 0 Å². The molecule has 22 heavy (non-hydrogen) atoms. The molecule has 0 unspecified atom stereocenters. The number of hydrogen-bond acceptors (Lipinski definition) is 3. The number of nitrogens with one attached hydrogen (secondary N) is 1. The molecule has 1 amide bonds. The van der Waals surface area contributed by atoms with Crippen molar-refractivity contribution in [2.75, 3.05) is 19.6 Å². The van der Waals surface area contributed by atoms with Gasteiger partial charge < -0.3 is 10.4 Å². The van der Waals surface area contributed by atoms with E-state index in [4.69, 9.17) is 0 Å². The molecule has 2 aliphatic rings. The molecule has 0 spiro atoms. The molecular weight excluding hydrogens is 276 g/mol. The molecule has 1 saturated heterocycles. The number of rotatable bonds is 1. The van der Waals surface area contributed by atoms with E-state index in [2.05, 4.69) is 22.3 Å². The molecule has 0 bridgehead atoms. The van der Waals surface area contributed by atoms with Crippen LogP contribution in [-0.4, -0.2) is 35.5 Å². The van der Waals surface area contributed by atoms with E-state index in [0.717, 1.165) is 24.2 Å². The molecule has 2 aromatic rings. The van der Waals surface area contributed by atoms with Crippen molar-refractivity contribution < 1.29 is 9.90 Å². The first-order valence-electron chi connectivity index (χ1n) is 7.64. The zero-order chi connectivity index (χ0) is 15.1. The Morgan fingerprint density at radius 3 is 2.73 bits per heavy atom. The summed E-state index contributed by atoms with van der Waals surface area (Å²) in [5, 5.41) is 13.3. The van der Waals surface area contributed by atoms with Crippen LogP contribution in [0.5, 0.6) is 5.75 Å². The Balaban J connectivity index is 1.89. The Morgan fingerprint density at radius 2 is 1.91 bits per heavy atom. The minimum absolute atomic E-state index is 0.0320. The molecule has 1 fully saturated rings. The standard InChI is InChI=1S/C18H18N2O2/c21-15-8-4-7-13-16(15)14(12-5-2-1-3-6-12)11-20-10-9-19-18(22)17(13)20/h1-8,14,17,21H,9-11H2,(H,19,22)/t14-,17-/m0/s1. The molecule has 2 atom stereocenters. The summed E-state index contributed by atoms with van der Waals surface area (Å²) >= 11 is 0. The van der Waals surface area contributed by atoms with Gasteiger partial charge in [-0.1, -0.05) is 42.5 Å². The first-order valence-corrected chi connectivity index (χ1v) is 7.64. The van der Waals surface area contributed by atoms with Crippen molar-refractivity contribution in [1.82, 2.24) is 10.2 Å². The van der Waals surface area contributed by atoms with Crippen LogP contribution in [0, 0.1) is 0 Å². The average molecular weight is 294 g/mol. The van der Waals surface area contributed by atoms with E-state index in [-0.39, 0.29) is 23.6 Å². The van der Waals surface area contributed by atoms with Gasteiger partial charge in [-0.05, 0) is 17.2 Å². The van der Waals surface area contributed by atoms with Gasteiger partial charge in [-0.15, -0.1) is 0 Å². The number of piperazine rings is 1. The summed E-state index contributed by atoms with van der Waals surface area (Å²) in [6.07, 6.45) is 0. The maximum Gasteiger partial charge on any atom is 0.242 e. The summed E-state index contributed by atoms with van der Waals surface area (Å²) in [6, 6.07) is 15.4. The maximum atomic E-state index is 12.3. The summed E-state index contributed by atoms with van der Waals surface area (Å²) in [6.45, 7) is 2.28. The number of carbonyl (C=O) groups excluding carboxylic acids is 1. The summed E-state index contributed by atoms with van der Waals surface area (Å²) < 4.78 is 0. The van der Waals surface area contributed by atoms with Crippen molar-refractivity contribution in [1.29, 1.82) is 0 Å². The van der Waals surface area contributed by atoms with E-state index < -0.39 is 0 Å². The van der Waals surface area contributed by atoms with Crippen LogP contribution in [0.2, 0.25) is 0 Å². The van der Waals surface area contributed by atoms with E-state index in [1.54, 1.807) is 6.07 Å². The number of aromatic hydroxyl groups is 1. The molecule has 4 nitrogen and oxygen atoms in total. The van der Waals surface area contributed by atoms with Crippen LogP contribution < -0.4 is 5.32 Å². The van der Waals surface area contributed by atoms with Crippen LogP contribution in [0.25, 0.3) is 0 Å². The van der Waals surface area contributed by atoms with Gasteiger partial charge in [0.05, 0.1) is 0 Å². The van der Waals surface area contributed by atoms with Crippen molar-refractivity contribution in [3.63, 3.8) is 0 Å². The second-order valence-electron chi connectivity index (χ2n) is 5.93. The first-order chi connectivity index (χ1) is 10.8. The van der Waals surface area contributed by atoms with Gasteiger partial charge in [0, 0.05) is 31.1 Å². The third-order valence-electron chi connectivity index (χ3n) is 4.69. The van der Waals surface area contributed by atoms with Gasteiger partial charge in [0.1, 0.15) is 11.8 Å². The predicted octanol–water partition coefficient (Wildman–Crippen LogP) is 2.01. The SMILES string of the molecule is O=C1NCCN2C[C@@H](c3ccccc3)c3c(O)cccc3[C@@H]12. The number of nitrogens with zero attached hydrogens (tertiary/aromatic N) is 1. The van der Waals surface area contributed by atoms with Gasteiger partial charge in [0.2, 0.25) is 5.91 Å². The van der Waals surface area contributed by atoms with E-state index in [1.165, 1.54) is 5.56 Å². The number of phenols is 1. The van der Waals surface area contributed by atoms with Gasteiger partial charge in [0.25, 0.3) is 0 Å². The lowest BCUT2D eigenvalue weighted by molar-refractivity contribution is -0.129. The normalized spacial score (nSPS) is 24.3. The van der Waals surface area contributed by atoms with Gasteiger partial charge in [-0.2, -0.15) is 0 Å². The van der Waals surface area contributed by atoms with Crippen LogP contribution in [-0.2, 0) is 4.79 Å². The third kappa shape index (κ3) is 1.99. The summed E-state index contributed by atoms with van der Waals surface area (Å²) in [5.74, 6) is 0.411. The molecule has 2 aliphatic heterocycles. The highest BCUT2D eigenvalue weighted by Crippen LogP contribution is 2.43. The molecule has 4 rings (SSSR count). The van der Waals surface area contributed by atoms with E-state index in [0.29, 0.717) is 6.54 Å². The number of fused-ring (bicyclic) bond motifs is 3. The van der Waals surface area contributed by atoms with Crippen LogP contribution in [0.4, 0.5) is 0 Å². The van der Waals surface area contributed by atoms with E-state index in [9.17, 15) is 9.90 Å². The Bertz CT molecular complexity index is 714. The minimum Gasteiger partial charge on any atom is -0.508 e. The number of benzene rings is 2. The van der Waals surface area contributed by atoms with Crippen molar-refractivity contribution in [2.45, 2.75) is 12.0 Å². The summed E-state index contributed by atoms with van der Waals surface area (Å²) in [5.41, 5.74) is 3.00. The molecule has 2 aromatic carbocycles. The van der Waals surface area contributed by atoms with Crippen LogP contribution in [0.3, 0.4) is 0 Å². The molecular formula is C18H18N2O2. The van der Waals surface area contributed by atoms with E-state index in [1.807, 2.05) is 30.3 Å². The largest absolute Gasteiger partial charge is 0.508 e. The zero-order valence-electron chi connectivity index (χ0n) is 12.2. The Labute approximate surface area is 129 Å². The van der Waals surface area contributed by atoms with Gasteiger partial charge in [0.15, 0.2) is 0 Å². The lowest BCUT2D eigenvalue weighted by atomic mass is 9.80. The highest BCUT2D eigenvalue weighted by Gasteiger charge is 2.40. The smallest absolute Gasteiger partial charge is 0.242 e. The Morgan fingerprint density at radius 1 is 1.09 bits per heavy atom. The summed E-state index contributed by atoms with van der Waals surface area (Å²) in [7, 11) is 0. The fourth-order valence-corrected chi connectivity index (χ4v) is 3.72. The number of amides is 1. The average Bonchev–Trinajstić information content (AvgIpc) is 2.55. The van der Waals surface area contributed by atoms with Crippen molar-refractivity contribution in [3.8, 4) is 5.75 Å². The molecule has 4 heteroatoms. The molecule has 0 saturated carbocycles. The lowest BCUT2D eigenvalue weighted by Gasteiger charge is -2.43. The van der Waals surface area contributed by atoms with Crippen molar-refractivity contribution in [3.05, 3.63) is 65.2 Å². The van der Waals surface area contributed by atoms with Crippen molar-refractivity contribution >= 4 is 5.91 Å². The van der Waals surface area contributed by atoms with Crippen LogP contribution in [0.15, 0.2) is 48.5 Å². The third-order valence-corrected chi connectivity index (χ3v) is 4.69. The summed E-state index contributed by atoms with van der Waals surface area (Å²) in [4.78, 5) is 14.5. The highest BCUT2D eigenvalue weighted by molar-refractivity contribution is 5.85. The highest BCUT2D eigenvalue weighted by atomic mass is 16.3. The fourth-order valence-electron chi connectivity index (χ4n) is 3.72. The molecule has 112 valence electrons.